The molecule has 8 nitrogen and oxygen atoms in total. The van der Waals surface area contributed by atoms with Gasteiger partial charge in [-0.2, -0.15) is 0 Å². The number of rotatable bonds is 7. The molecule has 0 radical (unpaired) electrons. The van der Waals surface area contributed by atoms with Crippen molar-refractivity contribution >= 4 is 12.0 Å². The minimum atomic E-state index is -0.480. The van der Waals surface area contributed by atoms with E-state index in [1.807, 2.05) is 20.8 Å². The molecular weight excluding hydrogens is 362 g/mol. The lowest BCUT2D eigenvalue weighted by molar-refractivity contribution is -0.123. The van der Waals surface area contributed by atoms with Crippen LogP contribution in [0.5, 0.6) is 11.5 Å². The second-order valence-corrected chi connectivity index (χ2v) is 7.62. The van der Waals surface area contributed by atoms with Crippen LogP contribution < -0.4 is 14.8 Å². The molecule has 28 heavy (non-hydrogen) atoms. The number of piperazine rings is 1. The number of hydrogen-bond donors (Lipinski definition) is 1. The maximum atomic E-state index is 12.1. The van der Waals surface area contributed by atoms with Gasteiger partial charge in [-0.05, 0) is 45.0 Å². The molecule has 8 heteroatoms. The maximum absolute atomic E-state index is 12.1. The van der Waals surface area contributed by atoms with Gasteiger partial charge in [0, 0.05) is 39.3 Å². The Hall–Kier alpha value is -2.48. The van der Waals surface area contributed by atoms with Gasteiger partial charge >= 0.3 is 6.09 Å². The highest BCUT2D eigenvalue weighted by Gasteiger charge is 2.25. The maximum Gasteiger partial charge on any atom is 0.410 e. The fourth-order valence-electron chi connectivity index (χ4n) is 2.71. The van der Waals surface area contributed by atoms with Gasteiger partial charge in [-0.1, -0.05) is 0 Å². The molecule has 1 fully saturated rings. The lowest BCUT2D eigenvalue weighted by Crippen LogP contribution is -2.51. The van der Waals surface area contributed by atoms with Crippen molar-refractivity contribution in [2.24, 2.45) is 0 Å². The van der Waals surface area contributed by atoms with Gasteiger partial charge in [-0.15, -0.1) is 0 Å². The number of benzene rings is 1. The summed E-state index contributed by atoms with van der Waals surface area (Å²) in [5, 5.41) is 2.85. The number of ether oxygens (including phenoxy) is 3. The summed E-state index contributed by atoms with van der Waals surface area (Å²) < 4.78 is 15.9. The highest BCUT2D eigenvalue weighted by molar-refractivity contribution is 5.77. The first-order valence-corrected chi connectivity index (χ1v) is 9.50. The second-order valence-electron chi connectivity index (χ2n) is 7.62. The van der Waals surface area contributed by atoms with Crippen LogP contribution in [0.15, 0.2) is 24.3 Å². The molecule has 0 aromatic heterocycles. The normalized spacial score (nSPS) is 15.1. The summed E-state index contributed by atoms with van der Waals surface area (Å²) in [7, 11) is 1.60. The van der Waals surface area contributed by atoms with Gasteiger partial charge < -0.3 is 24.4 Å². The predicted molar refractivity (Wildman–Crippen MR) is 106 cm³/mol. The van der Waals surface area contributed by atoms with Gasteiger partial charge in [-0.3, -0.25) is 9.69 Å². The van der Waals surface area contributed by atoms with Crippen LogP contribution in [0.3, 0.4) is 0 Å². The molecule has 0 bridgehead atoms. The Morgan fingerprint density at radius 2 is 1.64 bits per heavy atom. The van der Waals surface area contributed by atoms with Crippen molar-refractivity contribution in [1.82, 2.24) is 15.1 Å². The molecule has 156 valence electrons. The number of carbonyl (C=O) groups excluding carboxylic acids is 2. The van der Waals surface area contributed by atoms with Gasteiger partial charge in [0.05, 0.1) is 7.11 Å². The van der Waals surface area contributed by atoms with E-state index < -0.39 is 5.60 Å². The van der Waals surface area contributed by atoms with Crippen LogP contribution in [0.4, 0.5) is 4.79 Å². The number of nitrogens with one attached hydrogen (secondary N) is 1. The molecule has 0 aliphatic carbocycles. The lowest BCUT2D eigenvalue weighted by Gasteiger charge is -2.35. The van der Waals surface area contributed by atoms with Crippen molar-refractivity contribution in [2.75, 3.05) is 53.0 Å². The molecule has 1 N–H and O–H groups in total. The van der Waals surface area contributed by atoms with E-state index in [0.29, 0.717) is 25.4 Å². The van der Waals surface area contributed by atoms with E-state index in [2.05, 4.69) is 10.2 Å². The van der Waals surface area contributed by atoms with E-state index in [0.717, 1.165) is 25.4 Å². The fraction of sp³-hybridized carbons (Fsp3) is 0.600. The first-order chi connectivity index (χ1) is 13.3. The number of methoxy groups -OCH3 is 1. The molecule has 1 heterocycles. The summed E-state index contributed by atoms with van der Waals surface area (Å²) >= 11 is 0. The van der Waals surface area contributed by atoms with Crippen LogP contribution in [-0.2, 0) is 9.53 Å². The predicted octanol–water partition coefficient (Wildman–Crippen LogP) is 1.74. The molecule has 0 saturated carbocycles. The molecule has 1 saturated heterocycles. The third-order valence-electron chi connectivity index (χ3n) is 4.20. The third kappa shape index (κ3) is 7.64. The molecule has 1 aromatic rings. The Balaban J connectivity index is 1.59. The van der Waals surface area contributed by atoms with Gasteiger partial charge in [0.2, 0.25) is 0 Å². The largest absolute Gasteiger partial charge is 0.497 e. The van der Waals surface area contributed by atoms with Crippen molar-refractivity contribution in [3.05, 3.63) is 24.3 Å². The minimum absolute atomic E-state index is 0.0290. The van der Waals surface area contributed by atoms with Gasteiger partial charge in [0.15, 0.2) is 6.61 Å². The van der Waals surface area contributed by atoms with Crippen LogP contribution >= 0.6 is 0 Å². The zero-order valence-electron chi connectivity index (χ0n) is 17.2. The standard InChI is InChI=1S/C20H31N3O5/c1-20(2,3)28-19(25)23-13-11-22(12-14-23)10-9-21-18(24)15-27-17-7-5-16(26-4)6-8-17/h5-8H,9-15H2,1-4H3,(H,21,24). The second kappa shape index (κ2) is 10.2. The zero-order valence-corrected chi connectivity index (χ0v) is 17.2. The highest BCUT2D eigenvalue weighted by atomic mass is 16.6. The van der Waals surface area contributed by atoms with Crippen molar-refractivity contribution in [3.8, 4) is 11.5 Å². The summed E-state index contributed by atoms with van der Waals surface area (Å²) in [6.45, 7) is 9.61. The Bertz CT molecular complexity index is 634. The monoisotopic (exact) mass is 393 g/mol. The average molecular weight is 393 g/mol. The van der Waals surface area contributed by atoms with Gasteiger partial charge in [0.25, 0.3) is 5.91 Å². The molecule has 1 aromatic carbocycles. The number of amides is 2. The van der Waals surface area contributed by atoms with Crippen LogP contribution in [0.1, 0.15) is 20.8 Å². The highest BCUT2D eigenvalue weighted by Crippen LogP contribution is 2.16. The molecule has 1 aliphatic rings. The average Bonchev–Trinajstić information content (AvgIpc) is 2.66. The van der Waals surface area contributed by atoms with E-state index in [-0.39, 0.29) is 18.6 Å². The van der Waals surface area contributed by atoms with Crippen molar-refractivity contribution in [2.45, 2.75) is 26.4 Å². The van der Waals surface area contributed by atoms with E-state index >= 15 is 0 Å². The topological polar surface area (TPSA) is 80.3 Å². The SMILES string of the molecule is COc1ccc(OCC(=O)NCCN2CCN(C(=O)OC(C)(C)C)CC2)cc1. The van der Waals surface area contributed by atoms with Gasteiger partial charge in [-0.25, -0.2) is 4.79 Å². The summed E-state index contributed by atoms with van der Waals surface area (Å²) in [6.07, 6.45) is -0.267. The molecule has 2 rings (SSSR count). The van der Waals surface area contributed by atoms with Crippen LogP contribution in [0, 0.1) is 0 Å². The zero-order chi connectivity index (χ0) is 20.6. The number of hydrogen-bond acceptors (Lipinski definition) is 6. The Morgan fingerprint density at radius 3 is 2.21 bits per heavy atom. The molecule has 0 unspecified atom stereocenters. The summed E-state index contributed by atoms with van der Waals surface area (Å²) in [5.41, 5.74) is -0.480. The summed E-state index contributed by atoms with van der Waals surface area (Å²) in [5.74, 6) is 1.20. The smallest absolute Gasteiger partial charge is 0.410 e. The summed E-state index contributed by atoms with van der Waals surface area (Å²) in [4.78, 5) is 27.9. The van der Waals surface area contributed by atoms with Crippen LogP contribution in [-0.4, -0.2) is 80.4 Å². The quantitative estimate of drug-likeness (QED) is 0.760. The molecule has 2 amide bonds. The van der Waals surface area contributed by atoms with Gasteiger partial charge in [0.1, 0.15) is 17.1 Å². The Labute approximate surface area is 166 Å². The van der Waals surface area contributed by atoms with E-state index in [1.54, 1.807) is 36.3 Å². The summed E-state index contributed by atoms with van der Waals surface area (Å²) in [6, 6.07) is 7.08. The van der Waals surface area contributed by atoms with Crippen molar-refractivity contribution in [3.63, 3.8) is 0 Å². The number of carbonyl (C=O) groups is 2. The Morgan fingerprint density at radius 1 is 1.04 bits per heavy atom. The van der Waals surface area contributed by atoms with Crippen LogP contribution in [0.25, 0.3) is 0 Å². The molecule has 0 atom stereocenters. The van der Waals surface area contributed by atoms with E-state index in [4.69, 9.17) is 14.2 Å². The molecule has 0 spiro atoms. The molecule has 1 aliphatic heterocycles. The first-order valence-electron chi connectivity index (χ1n) is 9.50. The van der Waals surface area contributed by atoms with Crippen molar-refractivity contribution < 1.29 is 23.8 Å². The first kappa shape index (κ1) is 21.8. The fourth-order valence-corrected chi connectivity index (χ4v) is 2.71. The van der Waals surface area contributed by atoms with Crippen molar-refractivity contribution in [1.29, 1.82) is 0 Å². The van der Waals surface area contributed by atoms with Crippen LogP contribution in [0.2, 0.25) is 0 Å². The lowest BCUT2D eigenvalue weighted by atomic mass is 10.2. The van der Waals surface area contributed by atoms with E-state index in [1.165, 1.54) is 0 Å². The van der Waals surface area contributed by atoms with E-state index in [9.17, 15) is 9.59 Å². The molecular formula is C20H31N3O5. The minimum Gasteiger partial charge on any atom is -0.497 e. The Kier molecular flexibility index (Phi) is 7.92. The third-order valence-corrected chi connectivity index (χ3v) is 4.20. The number of nitrogens with zero attached hydrogens (tertiary/aromatic N) is 2.